The molecule has 6 heteroatoms. The molecule has 0 unspecified atom stereocenters. The third-order valence-electron chi connectivity index (χ3n) is 3.11. The Kier molecular flexibility index (Phi) is 4.83. The normalized spacial score (nSPS) is 11.2. The van der Waals surface area contributed by atoms with Crippen LogP contribution in [0.1, 0.15) is 25.1 Å². The van der Waals surface area contributed by atoms with E-state index < -0.39 is 11.6 Å². The summed E-state index contributed by atoms with van der Waals surface area (Å²) >= 11 is 6.31. The van der Waals surface area contributed by atoms with E-state index in [0.29, 0.717) is 17.6 Å². The minimum Gasteiger partial charge on any atom is -0.378 e. The maximum atomic E-state index is 13.6. The first-order chi connectivity index (χ1) is 9.88. The lowest BCUT2D eigenvalue weighted by Gasteiger charge is -2.08. The lowest BCUT2D eigenvalue weighted by Crippen LogP contribution is -2.07. The third-order valence-corrected chi connectivity index (χ3v) is 3.53. The Morgan fingerprint density at radius 3 is 2.67 bits per heavy atom. The van der Waals surface area contributed by atoms with Gasteiger partial charge in [0.25, 0.3) is 0 Å². The first-order valence-corrected chi connectivity index (χ1v) is 7.17. The molecule has 0 saturated heterocycles. The zero-order chi connectivity index (χ0) is 15.6. The van der Waals surface area contributed by atoms with Gasteiger partial charge in [-0.25, -0.2) is 8.78 Å². The molecule has 3 nitrogen and oxygen atoms in total. The van der Waals surface area contributed by atoms with E-state index in [9.17, 15) is 8.78 Å². The van der Waals surface area contributed by atoms with Gasteiger partial charge in [-0.3, -0.25) is 4.68 Å². The Morgan fingerprint density at radius 2 is 2.05 bits per heavy atom. The summed E-state index contributed by atoms with van der Waals surface area (Å²) in [5.74, 6) is -0.799. The monoisotopic (exact) mass is 313 g/mol. The molecule has 0 bridgehead atoms. The largest absolute Gasteiger partial charge is 0.378 e. The van der Waals surface area contributed by atoms with E-state index in [-0.39, 0.29) is 5.69 Å². The van der Waals surface area contributed by atoms with Crippen molar-refractivity contribution in [2.24, 2.45) is 5.92 Å². The number of hydrogen-bond acceptors (Lipinski definition) is 2. The highest BCUT2D eigenvalue weighted by Crippen LogP contribution is 2.23. The lowest BCUT2D eigenvalue weighted by atomic mass is 10.2. The van der Waals surface area contributed by atoms with Crippen molar-refractivity contribution in [2.45, 2.75) is 33.9 Å². The molecular formula is C15H18ClF2N3. The summed E-state index contributed by atoms with van der Waals surface area (Å²) < 4.78 is 28.2. The van der Waals surface area contributed by atoms with Gasteiger partial charge in [-0.15, -0.1) is 0 Å². The molecule has 0 radical (unpaired) electrons. The smallest absolute Gasteiger partial charge is 0.149 e. The number of nitrogens with one attached hydrogen (secondary N) is 1. The van der Waals surface area contributed by atoms with E-state index in [1.807, 2.05) is 6.92 Å². The molecule has 1 aromatic heterocycles. The Balaban J connectivity index is 2.14. The number of rotatable bonds is 5. The van der Waals surface area contributed by atoms with Crippen LogP contribution < -0.4 is 5.32 Å². The topological polar surface area (TPSA) is 29.9 Å². The van der Waals surface area contributed by atoms with E-state index in [4.69, 9.17) is 11.6 Å². The lowest BCUT2D eigenvalue weighted by molar-refractivity contribution is 0.481. The van der Waals surface area contributed by atoms with Gasteiger partial charge in [0.1, 0.15) is 16.8 Å². The number of nitrogens with zero attached hydrogens (tertiary/aromatic N) is 2. The van der Waals surface area contributed by atoms with Crippen molar-refractivity contribution in [3.8, 4) is 0 Å². The van der Waals surface area contributed by atoms with Crippen LogP contribution in [0.2, 0.25) is 5.15 Å². The number of benzene rings is 1. The molecule has 0 aliphatic carbocycles. The second-order valence-corrected chi connectivity index (χ2v) is 5.77. The molecule has 114 valence electrons. The highest BCUT2D eigenvalue weighted by molar-refractivity contribution is 6.30. The van der Waals surface area contributed by atoms with Gasteiger partial charge in [0, 0.05) is 24.7 Å². The number of aryl methyl sites for hydroxylation is 1. The van der Waals surface area contributed by atoms with E-state index >= 15 is 0 Å². The van der Waals surface area contributed by atoms with Crippen molar-refractivity contribution in [1.29, 1.82) is 0 Å². The van der Waals surface area contributed by atoms with Crippen LogP contribution in [0.15, 0.2) is 18.2 Å². The predicted octanol–water partition coefficient (Wildman–Crippen LogP) is 4.39. The molecule has 0 fully saturated rings. The predicted molar refractivity (Wildman–Crippen MR) is 80.5 cm³/mol. The van der Waals surface area contributed by atoms with E-state index in [1.54, 1.807) is 4.68 Å². The fraction of sp³-hybridized carbons (Fsp3) is 0.400. The molecule has 2 rings (SSSR count). The van der Waals surface area contributed by atoms with Gasteiger partial charge in [-0.1, -0.05) is 25.4 Å². The SMILES string of the molecule is Cc1nn(CC(C)C)c(Cl)c1CNc1ccc(F)cc1F. The number of aromatic nitrogens is 2. The van der Waals surface area contributed by atoms with Crippen LogP contribution in [-0.2, 0) is 13.1 Å². The summed E-state index contributed by atoms with van der Waals surface area (Å²) in [4.78, 5) is 0. The highest BCUT2D eigenvalue weighted by Gasteiger charge is 2.14. The molecule has 1 aromatic carbocycles. The number of hydrogen-bond donors (Lipinski definition) is 1. The molecule has 0 atom stereocenters. The van der Waals surface area contributed by atoms with Crippen molar-refractivity contribution in [3.05, 3.63) is 46.2 Å². The molecule has 0 aliphatic heterocycles. The van der Waals surface area contributed by atoms with Gasteiger partial charge in [-0.05, 0) is 25.0 Å². The maximum Gasteiger partial charge on any atom is 0.149 e. The van der Waals surface area contributed by atoms with Gasteiger partial charge in [0.15, 0.2) is 0 Å². The molecule has 0 spiro atoms. The quantitative estimate of drug-likeness (QED) is 0.887. The molecule has 2 aromatic rings. The number of halogens is 3. The first-order valence-electron chi connectivity index (χ1n) is 6.79. The van der Waals surface area contributed by atoms with Gasteiger partial charge in [0.2, 0.25) is 0 Å². The van der Waals surface area contributed by atoms with Crippen LogP contribution in [-0.4, -0.2) is 9.78 Å². The van der Waals surface area contributed by atoms with Crippen molar-refractivity contribution >= 4 is 17.3 Å². The third kappa shape index (κ3) is 3.73. The maximum absolute atomic E-state index is 13.6. The molecule has 0 saturated carbocycles. The van der Waals surface area contributed by atoms with Crippen LogP contribution in [0.3, 0.4) is 0 Å². The molecule has 21 heavy (non-hydrogen) atoms. The van der Waals surface area contributed by atoms with E-state index in [0.717, 1.165) is 23.9 Å². The van der Waals surface area contributed by atoms with Gasteiger partial charge >= 0.3 is 0 Å². The first kappa shape index (κ1) is 15.8. The summed E-state index contributed by atoms with van der Waals surface area (Å²) in [6, 6.07) is 3.42. The molecule has 1 N–H and O–H groups in total. The summed E-state index contributed by atoms with van der Waals surface area (Å²) in [6.07, 6.45) is 0. The average molecular weight is 314 g/mol. The molecule has 0 amide bonds. The van der Waals surface area contributed by atoms with Crippen LogP contribution in [0, 0.1) is 24.5 Å². The summed E-state index contributed by atoms with van der Waals surface area (Å²) in [6.45, 7) is 7.09. The van der Waals surface area contributed by atoms with Gasteiger partial charge < -0.3 is 5.32 Å². The van der Waals surface area contributed by atoms with Crippen LogP contribution >= 0.6 is 11.6 Å². The van der Waals surface area contributed by atoms with Gasteiger partial charge in [-0.2, -0.15) is 5.10 Å². The average Bonchev–Trinajstić information content (AvgIpc) is 2.63. The van der Waals surface area contributed by atoms with Gasteiger partial charge in [0.05, 0.1) is 11.4 Å². The Morgan fingerprint density at radius 1 is 1.33 bits per heavy atom. The molecular weight excluding hydrogens is 296 g/mol. The van der Waals surface area contributed by atoms with Crippen molar-refractivity contribution < 1.29 is 8.78 Å². The highest BCUT2D eigenvalue weighted by atomic mass is 35.5. The van der Waals surface area contributed by atoms with Crippen LogP contribution in [0.25, 0.3) is 0 Å². The van der Waals surface area contributed by atoms with Crippen LogP contribution in [0.4, 0.5) is 14.5 Å². The van der Waals surface area contributed by atoms with Crippen molar-refractivity contribution in [1.82, 2.24) is 9.78 Å². The van der Waals surface area contributed by atoms with Crippen molar-refractivity contribution in [3.63, 3.8) is 0 Å². The van der Waals surface area contributed by atoms with Crippen LogP contribution in [0.5, 0.6) is 0 Å². The fourth-order valence-electron chi connectivity index (χ4n) is 2.07. The Bertz CT molecular complexity index is 638. The fourth-order valence-corrected chi connectivity index (χ4v) is 2.38. The summed E-state index contributed by atoms with van der Waals surface area (Å²) in [5, 5.41) is 7.87. The summed E-state index contributed by atoms with van der Waals surface area (Å²) in [5.41, 5.74) is 1.86. The Hall–Kier alpha value is -1.62. The Labute approximate surface area is 127 Å². The van der Waals surface area contributed by atoms with Crippen molar-refractivity contribution in [2.75, 3.05) is 5.32 Å². The van der Waals surface area contributed by atoms with E-state index in [1.165, 1.54) is 12.1 Å². The number of anilines is 1. The standard InChI is InChI=1S/C15H18ClF2N3/c1-9(2)8-21-15(16)12(10(3)20-21)7-19-14-5-4-11(17)6-13(14)18/h4-6,9,19H,7-8H2,1-3H3. The molecule has 0 aliphatic rings. The molecule has 1 heterocycles. The zero-order valence-corrected chi connectivity index (χ0v) is 13.0. The minimum absolute atomic E-state index is 0.239. The summed E-state index contributed by atoms with van der Waals surface area (Å²) in [7, 11) is 0. The second kappa shape index (κ2) is 6.43. The zero-order valence-electron chi connectivity index (χ0n) is 12.3. The second-order valence-electron chi connectivity index (χ2n) is 5.41. The minimum atomic E-state index is -0.627. The van der Waals surface area contributed by atoms with E-state index in [2.05, 4.69) is 24.3 Å².